The van der Waals surface area contributed by atoms with Crippen LogP contribution in [0.15, 0.2) is 53.4 Å². The molecule has 0 saturated carbocycles. The Morgan fingerprint density at radius 2 is 1.97 bits per heavy atom. The number of ether oxygens (including phenoxy) is 2. The molecule has 4 nitrogen and oxygen atoms in total. The fraction of sp³-hybridized carbons (Fsp3) is 0.304. The van der Waals surface area contributed by atoms with Crippen molar-refractivity contribution in [1.29, 1.82) is 0 Å². The van der Waals surface area contributed by atoms with Crippen molar-refractivity contribution in [3.05, 3.63) is 70.1 Å². The van der Waals surface area contributed by atoms with Gasteiger partial charge in [-0.1, -0.05) is 65.9 Å². The van der Waals surface area contributed by atoms with Gasteiger partial charge in [0.1, 0.15) is 16.7 Å². The van der Waals surface area contributed by atoms with Crippen LogP contribution in [0.5, 0.6) is 5.75 Å². The minimum atomic E-state index is -0.0322. The van der Waals surface area contributed by atoms with Gasteiger partial charge < -0.3 is 9.47 Å². The number of hydrogen-bond acceptors (Lipinski definition) is 5. The van der Waals surface area contributed by atoms with Crippen LogP contribution in [0.4, 0.5) is 0 Å². The van der Waals surface area contributed by atoms with E-state index in [0.717, 1.165) is 36.3 Å². The van der Waals surface area contributed by atoms with E-state index in [-0.39, 0.29) is 12.0 Å². The van der Waals surface area contributed by atoms with Gasteiger partial charge in [-0.3, -0.25) is 9.69 Å². The van der Waals surface area contributed by atoms with Crippen molar-refractivity contribution in [3.63, 3.8) is 0 Å². The second-order valence-corrected chi connectivity index (χ2v) is 8.95. The first-order valence-electron chi connectivity index (χ1n) is 9.74. The third-order valence-corrected chi connectivity index (χ3v) is 6.37. The molecule has 1 amide bonds. The summed E-state index contributed by atoms with van der Waals surface area (Å²) in [6.45, 7) is 3.92. The van der Waals surface area contributed by atoms with Gasteiger partial charge >= 0.3 is 0 Å². The van der Waals surface area contributed by atoms with Crippen molar-refractivity contribution in [2.24, 2.45) is 0 Å². The first-order chi connectivity index (χ1) is 14.1. The molecule has 0 aromatic heterocycles. The molecule has 2 aliphatic heterocycles. The molecule has 4 rings (SSSR count). The maximum absolute atomic E-state index is 12.7. The Morgan fingerprint density at radius 3 is 2.66 bits per heavy atom. The number of hydrogen-bond donors (Lipinski definition) is 0. The molecule has 150 valence electrons. The van der Waals surface area contributed by atoms with E-state index in [9.17, 15) is 4.79 Å². The lowest BCUT2D eigenvalue weighted by molar-refractivity contribution is -0.123. The standard InChI is InChI=1S/C23H23NO3S2/c1-16-4-6-18(7-5-16)15-27-19-10-8-17(9-11-19)13-21-22(25)24(23(28)29-21)14-20-3-2-12-26-20/h4-11,13,20H,2-3,12,14-15H2,1H3/b21-13-/t20-/m1/s1. The largest absolute Gasteiger partial charge is 0.489 e. The summed E-state index contributed by atoms with van der Waals surface area (Å²) in [4.78, 5) is 15.0. The van der Waals surface area contributed by atoms with E-state index in [1.54, 1.807) is 4.90 Å². The summed E-state index contributed by atoms with van der Waals surface area (Å²) in [6.07, 6.45) is 4.02. The Bertz CT molecular complexity index is 916. The summed E-state index contributed by atoms with van der Waals surface area (Å²) >= 11 is 6.76. The van der Waals surface area contributed by atoms with Crippen molar-refractivity contribution < 1.29 is 14.3 Å². The molecule has 1 atom stereocenters. The SMILES string of the molecule is Cc1ccc(COc2ccc(/C=C3\SC(=S)N(C[C@H]4CCCO4)C3=O)cc2)cc1. The molecule has 0 N–H and O–H groups in total. The molecule has 0 unspecified atom stereocenters. The van der Waals surface area contributed by atoms with E-state index in [1.165, 1.54) is 17.3 Å². The zero-order valence-corrected chi connectivity index (χ0v) is 17.9. The molecule has 0 bridgehead atoms. The topological polar surface area (TPSA) is 38.8 Å². The highest BCUT2D eigenvalue weighted by molar-refractivity contribution is 8.26. The predicted octanol–water partition coefficient (Wildman–Crippen LogP) is 4.95. The minimum Gasteiger partial charge on any atom is -0.489 e. The Morgan fingerprint density at radius 1 is 1.21 bits per heavy atom. The Kier molecular flexibility index (Phi) is 6.33. The Hall–Kier alpha value is -2.15. The molecule has 0 spiro atoms. The summed E-state index contributed by atoms with van der Waals surface area (Å²) < 4.78 is 12.1. The maximum atomic E-state index is 12.7. The molecule has 2 heterocycles. The average molecular weight is 426 g/mol. The van der Waals surface area contributed by atoms with Gasteiger partial charge in [0, 0.05) is 6.61 Å². The van der Waals surface area contributed by atoms with Gasteiger partial charge in [0.2, 0.25) is 0 Å². The zero-order chi connectivity index (χ0) is 20.2. The van der Waals surface area contributed by atoms with Gasteiger partial charge in [0.25, 0.3) is 5.91 Å². The number of thiocarbonyl (C=S) groups is 1. The van der Waals surface area contributed by atoms with Gasteiger partial charge in [0.15, 0.2) is 0 Å². The van der Waals surface area contributed by atoms with Crippen LogP contribution in [0, 0.1) is 6.92 Å². The molecule has 2 aliphatic rings. The average Bonchev–Trinajstić information content (AvgIpc) is 3.33. The van der Waals surface area contributed by atoms with Crippen LogP contribution in [0.3, 0.4) is 0 Å². The molecule has 0 radical (unpaired) electrons. The van der Waals surface area contributed by atoms with Crippen LogP contribution < -0.4 is 4.74 Å². The normalized spacial score (nSPS) is 20.7. The number of carbonyl (C=O) groups is 1. The number of aryl methyl sites for hydroxylation is 1. The van der Waals surface area contributed by atoms with E-state index in [1.807, 2.05) is 30.3 Å². The van der Waals surface area contributed by atoms with Gasteiger partial charge in [-0.05, 0) is 49.1 Å². The van der Waals surface area contributed by atoms with E-state index < -0.39 is 0 Å². The van der Waals surface area contributed by atoms with Crippen molar-refractivity contribution in [1.82, 2.24) is 4.90 Å². The fourth-order valence-corrected chi connectivity index (χ4v) is 4.59. The summed E-state index contributed by atoms with van der Waals surface area (Å²) in [6, 6.07) is 16.1. The lowest BCUT2D eigenvalue weighted by atomic mass is 10.1. The third kappa shape index (κ3) is 5.07. The second kappa shape index (κ2) is 9.11. The van der Waals surface area contributed by atoms with E-state index in [2.05, 4.69) is 31.2 Å². The summed E-state index contributed by atoms with van der Waals surface area (Å²) in [5, 5.41) is 0. The van der Waals surface area contributed by atoms with E-state index in [0.29, 0.717) is 22.4 Å². The predicted molar refractivity (Wildman–Crippen MR) is 121 cm³/mol. The van der Waals surface area contributed by atoms with Gasteiger partial charge in [-0.25, -0.2) is 0 Å². The third-order valence-electron chi connectivity index (χ3n) is 4.99. The maximum Gasteiger partial charge on any atom is 0.266 e. The van der Waals surface area contributed by atoms with Crippen molar-refractivity contribution >= 4 is 40.3 Å². The number of thioether (sulfide) groups is 1. The first kappa shape index (κ1) is 20.1. The summed E-state index contributed by atoms with van der Waals surface area (Å²) in [5.74, 6) is 0.767. The van der Waals surface area contributed by atoms with E-state index >= 15 is 0 Å². The monoisotopic (exact) mass is 425 g/mol. The van der Waals surface area contributed by atoms with Crippen LogP contribution >= 0.6 is 24.0 Å². The van der Waals surface area contributed by atoms with Crippen LogP contribution in [0.2, 0.25) is 0 Å². The molecule has 0 aliphatic carbocycles. The first-order valence-corrected chi connectivity index (χ1v) is 11.0. The van der Waals surface area contributed by atoms with Crippen LogP contribution in [0.25, 0.3) is 6.08 Å². The second-order valence-electron chi connectivity index (χ2n) is 7.27. The van der Waals surface area contributed by atoms with E-state index in [4.69, 9.17) is 21.7 Å². The molecule has 2 saturated heterocycles. The van der Waals surface area contributed by atoms with Crippen molar-refractivity contribution in [2.45, 2.75) is 32.5 Å². The van der Waals surface area contributed by atoms with Crippen LogP contribution in [-0.4, -0.2) is 34.4 Å². The molecule has 29 heavy (non-hydrogen) atoms. The number of rotatable bonds is 6. The number of benzene rings is 2. The van der Waals surface area contributed by atoms with Crippen LogP contribution in [0.1, 0.15) is 29.5 Å². The molecule has 2 fully saturated rings. The van der Waals surface area contributed by atoms with Crippen molar-refractivity contribution in [3.8, 4) is 5.75 Å². The Balaban J connectivity index is 1.37. The highest BCUT2D eigenvalue weighted by atomic mass is 32.2. The lowest BCUT2D eigenvalue weighted by Crippen LogP contribution is -2.35. The minimum absolute atomic E-state index is 0.0322. The lowest BCUT2D eigenvalue weighted by Gasteiger charge is -2.18. The summed E-state index contributed by atoms with van der Waals surface area (Å²) in [7, 11) is 0. The molecular weight excluding hydrogens is 402 g/mol. The molecule has 2 aromatic rings. The highest BCUT2D eigenvalue weighted by Crippen LogP contribution is 2.33. The smallest absolute Gasteiger partial charge is 0.266 e. The highest BCUT2D eigenvalue weighted by Gasteiger charge is 2.34. The van der Waals surface area contributed by atoms with Crippen molar-refractivity contribution in [2.75, 3.05) is 13.2 Å². The number of nitrogens with zero attached hydrogens (tertiary/aromatic N) is 1. The van der Waals surface area contributed by atoms with Gasteiger partial charge in [-0.15, -0.1) is 0 Å². The number of amides is 1. The molecular formula is C23H23NO3S2. The quantitative estimate of drug-likeness (QED) is 0.483. The number of carbonyl (C=O) groups excluding carboxylic acids is 1. The molecule has 2 aromatic carbocycles. The van der Waals surface area contributed by atoms with Gasteiger partial charge in [0.05, 0.1) is 17.6 Å². The van der Waals surface area contributed by atoms with Crippen LogP contribution in [-0.2, 0) is 16.1 Å². The van der Waals surface area contributed by atoms with Gasteiger partial charge in [-0.2, -0.15) is 0 Å². The Labute approximate surface area is 180 Å². The fourth-order valence-electron chi connectivity index (χ4n) is 3.31. The molecule has 6 heteroatoms. The summed E-state index contributed by atoms with van der Waals surface area (Å²) in [5.41, 5.74) is 3.32. The zero-order valence-electron chi connectivity index (χ0n) is 16.3.